The van der Waals surface area contributed by atoms with Gasteiger partial charge in [0, 0.05) is 12.6 Å². The Morgan fingerprint density at radius 3 is 2.63 bits per heavy atom. The highest BCUT2D eigenvalue weighted by molar-refractivity contribution is 5.99. The zero-order chi connectivity index (χ0) is 14.4. The highest BCUT2D eigenvalue weighted by Gasteiger charge is 2.10. The SMILES string of the molecule is COc1cc(CNC(C)C(C)C)ccc1/C(N)=N/O. The number of amidine groups is 1. The first kappa shape index (κ1) is 15.3. The number of nitrogens with one attached hydrogen (secondary N) is 1. The van der Waals surface area contributed by atoms with Crippen molar-refractivity contribution in [2.24, 2.45) is 16.8 Å². The molecule has 1 unspecified atom stereocenters. The Kier molecular flexibility index (Phi) is 5.63. The van der Waals surface area contributed by atoms with Gasteiger partial charge in [-0.2, -0.15) is 0 Å². The highest BCUT2D eigenvalue weighted by atomic mass is 16.5. The van der Waals surface area contributed by atoms with Crippen LogP contribution in [-0.4, -0.2) is 24.2 Å². The Bertz CT molecular complexity index is 444. The topological polar surface area (TPSA) is 79.9 Å². The number of ether oxygens (including phenoxy) is 1. The van der Waals surface area contributed by atoms with Crippen LogP contribution in [0.15, 0.2) is 23.4 Å². The summed E-state index contributed by atoms with van der Waals surface area (Å²) in [5.41, 5.74) is 7.27. The Morgan fingerprint density at radius 1 is 1.42 bits per heavy atom. The van der Waals surface area contributed by atoms with Crippen molar-refractivity contribution in [1.29, 1.82) is 0 Å². The van der Waals surface area contributed by atoms with E-state index in [1.807, 2.05) is 12.1 Å². The van der Waals surface area contributed by atoms with E-state index in [9.17, 15) is 0 Å². The Morgan fingerprint density at radius 2 is 2.11 bits per heavy atom. The second-order valence-electron chi connectivity index (χ2n) is 4.93. The van der Waals surface area contributed by atoms with Gasteiger partial charge in [-0.1, -0.05) is 25.1 Å². The molecule has 106 valence electrons. The molecule has 0 aliphatic rings. The van der Waals surface area contributed by atoms with E-state index in [4.69, 9.17) is 15.7 Å². The van der Waals surface area contributed by atoms with E-state index >= 15 is 0 Å². The van der Waals surface area contributed by atoms with Gasteiger partial charge in [0.15, 0.2) is 5.84 Å². The van der Waals surface area contributed by atoms with Gasteiger partial charge in [-0.05, 0) is 30.5 Å². The number of rotatable bonds is 6. The van der Waals surface area contributed by atoms with Gasteiger partial charge in [0.25, 0.3) is 0 Å². The van der Waals surface area contributed by atoms with E-state index in [0.717, 1.165) is 12.1 Å². The molecular weight excluding hydrogens is 242 g/mol. The van der Waals surface area contributed by atoms with Crippen molar-refractivity contribution >= 4 is 5.84 Å². The summed E-state index contributed by atoms with van der Waals surface area (Å²) in [7, 11) is 1.57. The summed E-state index contributed by atoms with van der Waals surface area (Å²) in [6, 6.07) is 6.07. The average molecular weight is 265 g/mol. The third kappa shape index (κ3) is 4.13. The molecule has 0 saturated carbocycles. The molecule has 0 heterocycles. The number of hydrogen-bond acceptors (Lipinski definition) is 4. The van der Waals surface area contributed by atoms with Gasteiger partial charge in [-0.15, -0.1) is 0 Å². The lowest BCUT2D eigenvalue weighted by atomic mass is 10.1. The maximum absolute atomic E-state index is 8.71. The van der Waals surface area contributed by atoms with Crippen LogP contribution in [0, 0.1) is 5.92 Å². The van der Waals surface area contributed by atoms with Crippen molar-refractivity contribution in [2.75, 3.05) is 7.11 Å². The lowest BCUT2D eigenvalue weighted by molar-refractivity contribution is 0.318. The molecule has 0 spiro atoms. The quantitative estimate of drug-likeness (QED) is 0.318. The predicted octanol–water partition coefficient (Wildman–Crippen LogP) is 1.92. The maximum atomic E-state index is 8.71. The maximum Gasteiger partial charge on any atom is 0.173 e. The summed E-state index contributed by atoms with van der Waals surface area (Å²) in [4.78, 5) is 0. The minimum Gasteiger partial charge on any atom is -0.496 e. The normalized spacial score (nSPS) is 13.6. The van der Waals surface area contributed by atoms with E-state index in [2.05, 4.69) is 31.2 Å². The smallest absolute Gasteiger partial charge is 0.173 e. The van der Waals surface area contributed by atoms with Gasteiger partial charge in [0.1, 0.15) is 5.75 Å². The van der Waals surface area contributed by atoms with Crippen LogP contribution in [0.2, 0.25) is 0 Å². The van der Waals surface area contributed by atoms with Crippen molar-refractivity contribution in [1.82, 2.24) is 5.32 Å². The molecular formula is C14H23N3O2. The van der Waals surface area contributed by atoms with Gasteiger partial charge < -0.3 is 21.0 Å². The fourth-order valence-electron chi connectivity index (χ4n) is 1.63. The summed E-state index contributed by atoms with van der Waals surface area (Å²) in [6.45, 7) is 7.28. The molecule has 5 nitrogen and oxygen atoms in total. The van der Waals surface area contributed by atoms with Crippen molar-refractivity contribution < 1.29 is 9.94 Å². The summed E-state index contributed by atoms with van der Waals surface area (Å²) in [5.74, 6) is 1.23. The van der Waals surface area contributed by atoms with Gasteiger partial charge >= 0.3 is 0 Å². The summed E-state index contributed by atoms with van der Waals surface area (Å²) in [5, 5.41) is 15.1. The monoisotopic (exact) mass is 265 g/mol. The molecule has 0 aromatic heterocycles. The summed E-state index contributed by atoms with van der Waals surface area (Å²) >= 11 is 0. The van der Waals surface area contributed by atoms with Crippen molar-refractivity contribution in [2.45, 2.75) is 33.4 Å². The molecule has 1 rings (SSSR count). The highest BCUT2D eigenvalue weighted by Crippen LogP contribution is 2.20. The van der Waals surface area contributed by atoms with Gasteiger partial charge in [0.2, 0.25) is 0 Å². The first-order chi connectivity index (χ1) is 8.99. The molecule has 0 aliphatic carbocycles. The van der Waals surface area contributed by atoms with E-state index in [0.29, 0.717) is 23.3 Å². The van der Waals surface area contributed by atoms with Crippen LogP contribution in [0.4, 0.5) is 0 Å². The molecule has 5 heteroatoms. The Labute approximate surface area is 114 Å². The minimum absolute atomic E-state index is 0.0481. The number of oxime groups is 1. The third-order valence-corrected chi connectivity index (χ3v) is 3.28. The average Bonchev–Trinajstić information content (AvgIpc) is 2.43. The number of benzene rings is 1. The zero-order valence-corrected chi connectivity index (χ0v) is 12.0. The fraction of sp³-hybridized carbons (Fsp3) is 0.500. The molecule has 0 saturated heterocycles. The molecule has 0 aliphatic heterocycles. The summed E-state index contributed by atoms with van der Waals surface area (Å²) in [6.07, 6.45) is 0. The van der Waals surface area contributed by atoms with E-state index in [-0.39, 0.29) is 5.84 Å². The van der Waals surface area contributed by atoms with E-state index in [1.54, 1.807) is 13.2 Å². The third-order valence-electron chi connectivity index (χ3n) is 3.28. The van der Waals surface area contributed by atoms with Crippen LogP contribution < -0.4 is 15.8 Å². The standard InChI is InChI=1S/C14H23N3O2/c1-9(2)10(3)16-8-11-5-6-12(14(15)17-18)13(7-11)19-4/h5-7,9-10,16,18H,8H2,1-4H3,(H2,15,17). The van der Waals surface area contributed by atoms with Crippen LogP contribution in [0.1, 0.15) is 31.9 Å². The largest absolute Gasteiger partial charge is 0.496 e. The first-order valence-corrected chi connectivity index (χ1v) is 6.37. The lowest BCUT2D eigenvalue weighted by Gasteiger charge is -2.18. The molecule has 19 heavy (non-hydrogen) atoms. The Hall–Kier alpha value is -1.75. The van der Waals surface area contributed by atoms with Gasteiger partial charge in [0.05, 0.1) is 12.7 Å². The minimum atomic E-state index is 0.0481. The second-order valence-corrected chi connectivity index (χ2v) is 4.93. The first-order valence-electron chi connectivity index (χ1n) is 6.37. The molecule has 1 atom stereocenters. The molecule has 4 N–H and O–H groups in total. The van der Waals surface area contributed by atoms with Crippen LogP contribution in [0.3, 0.4) is 0 Å². The number of methoxy groups -OCH3 is 1. The molecule has 0 bridgehead atoms. The summed E-state index contributed by atoms with van der Waals surface area (Å²) < 4.78 is 5.26. The molecule has 0 radical (unpaired) electrons. The van der Waals surface area contributed by atoms with Crippen molar-refractivity contribution in [3.05, 3.63) is 29.3 Å². The Balaban J connectivity index is 2.83. The van der Waals surface area contributed by atoms with E-state index in [1.165, 1.54) is 0 Å². The van der Waals surface area contributed by atoms with Gasteiger partial charge in [-0.25, -0.2) is 0 Å². The van der Waals surface area contributed by atoms with Crippen LogP contribution >= 0.6 is 0 Å². The number of nitrogens with zero attached hydrogens (tertiary/aromatic N) is 1. The molecule has 0 fully saturated rings. The van der Waals surface area contributed by atoms with Gasteiger partial charge in [-0.3, -0.25) is 0 Å². The van der Waals surface area contributed by atoms with Crippen LogP contribution in [0.5, 0.6) is 5.75 Å². The van der Waals surface area contributed by atoms with Crippen molar-refractivity contribution in [3.8, 4) is 5.75 Å². The van der Waals surface area contributed by atoms with E-state index < -0.39 is 0 Å². The fourth-order valence-corrected chi connectivity index (χ4v) is 1.63. The van der Waals surface area contributed by atoms with Crippen LogP contribution in [-0.2, 0) is 6.54 Å². The number of hydrogen-bond donors (Lipinski definition) is 3. The van der Waals surface area contributed by atoms with Crippen molar-refractivity contribution in [3.63, 3.8) is 0 Å². The number of nitrogens with two attached hydrogens (primary N) is 1. The molecule has 1 aromatic rings. The molecule has 1 aromatic carbocycles. The lowest BCUT2D eigenvalue weighted by Crippen LogP contribution is -2.30. The zero-order valence-electron chi connectivity index (χ0n) is 12.0. The molecule has 0 amide bonds. The predicted molar refractivity (Wildman–Crippen MR) is 76.6 cm³/mol. The van der Waals surface area contributed by atoms with Crippen LogP contribution in [0.25, 0.3) is 0 Å². The second kappa shape index (κ2) is 6.99.